The molecule has 7 heteroatoms. The zero-order chi connectivity index (χ0) is 16.2. The zero-order valence-electron chi connectivity index (χ0n) is 13.0. The Labute approximate surface area is 126 Å². The minimum absolute atomic E-state index is 0.174. The molecule has 0 atom stereocenters. The number of ether oxygens (including phenoxy) is 1. The van der Waals surface area contributed by atoms with Crippen molar-refractivity contribution in [2.24, 2.45) is 19.5 Å². The Balaban J connectivity index is 2.46. The largest absolute Gasteiger partial charge is 0.425 e. The molecule has 2 aromatic heterocycles. The fourth-order valence-electron chi connectivity index (χ4n) is 2.90. The number of nitrogens with zero attached hydrogens (tertiary/aromatic N) is 3. The average Bonchev–Trinajstić information content (AvgIpc) is 2.54. The van der Waals surface area contributed by atoms with Gasteiger partial charge in [-0.1, -0.05) is 13.8 Å². The van der Waals surface area contributed by atoms with Crippen molar-refractivity contribution in [3.8, 4) is 5.75 Å². The highest BCUT2D eigenvalue weighted by molar-refractivity contribution is 5.87. The Morgan fingerprint density at radius 2 is 1.82 bits per heavy atom. The molecule has 0 aliphatic carbocycles. The second-order valence-electron chi connectivity index (χ2n) is 6.51. The van der Waals surface area contributed by atoms with Crippen molar-refractivity contribution < 1.29 is 9.53 Å². The van der Waals surface area contributed by atoms with Crippen LogP contribution in [0.3, 0.4) is 0 Å². The van der Waals surface area contributed by atoms with Gasteiger partial charge in [-0.15, -0.1) is 0 Å². The van der Waals surface area contributed by atoms with Crippen molar-refractivity contribution in [2.45, 2.75) is 26.7 Å². The topological polar surface area (TPSA) is 83.2 Å². The molecule has 116 valence electrons. The van der Waals surface area contributed by atoms with Gasteiger partial charge in [0.15, 0.2) is 11.4 Å². The van der Waals surface area contributed by atoms with Crippen LogP contribution in [0, 0.1) is 5.41 Å². The van der Waals surface area contributed by atoms with E-state index in [0.717, 1.165) is 4.57 Å². The summed E-state index contributed by atoms with van der Waals surface area (Å²) < 4.78 is 7.70. The summed E-state index contributed by atoms with van der Waals surface area (Å²) in [4.78, 5) is 40.7. The Kier molecular flexibility index (Phi) is 2.98. The molecule has 0 radical (unpaired) electrons. The molecule has 0 spiro atoms. The molecular formula is C15H17N3O4. The summed E-state index contributed by atoms with van der Waals surface area (Å²) >= 11 is 0. The predicted molar refractivity (Wildman–Crippen MR) is 80.0 cm³/mol. The molecule has 0 aromatic carbocycles. The number of fused-ring (bicyclic) bond motifs is 3. The van der Waals surface area contributed by atoms with Crippen molar-refractivity contribution in [1.29, 1.82) is 0 Å². The van der Waals surface area contributed by atoms with Gasteiger partial charge in [0.05, 0.1) is 6.42 Å². The van der Waals surface area contributed by atoms with Crippen molar-refractivity contribution in [1.82, 2.24) is 14.1 Å². The first-order valence-electron chi connectivity index (χ1n) is 6.99. The molecule has 0 bridgehead atoms. The third-order valence-electron chi connectivity index (χ3n) is 4.00. The van der Waals surface area contributed by atoms with Crippen LogP contribution in [0.4, 0.5) is 0 Å². The second kappa shape index (κ2) is 4.53. The van der Waals surface area contributed by atoms with E-state index in [1.165, 1.54) is 18.7 Å². The second-order valence-corrected chi connectivity index (χ2v) is 6.51. The molecule has 22 heavy (non-hydrogen) atoms. The normalized spacial score (nSPS) is 17.0. The van der Waals surface area contributed by atoms with E-state index in [9.17, 15) is 14.4 Å². The number of hydrogen-bond donors (Lipinski definition) is 0. The van der Waals surface area contributed by atoms with Gasteiger partial charge in [-0.05, 0) is 11.8 Å². The van der Waals surface area contributed by atoms with Crippen molar-refractivity contribution >= 4 is 17.0 Å². The van der Waals surface area contributed by atoms with Crippen LogP contribution in [0.25, 0.3) is 11.0 Å². The molecule has 3 heterocycles. The summed E-state index contributed by atoms with van der Waals surface area (Å²) in [6.07, 6.45) is 2.41. The van der Waals surface area contributed by atoms with E-state index in [1.807, 2.05) is 13.8 Å². The monoisotopic (exact) mass is 303 g/mol. The summed E-state index contributed by atoms with van der Waals surface area (Å²) in [5.41, 5.74) is -0.317. The van der Waals surface area contributed by atoms with Gasteiger partial charge in [-0.2, -0.15) is 0 Å². The maximum atomic E-state index is 12.5. The average molecular weight is 303 g/mol. The smallest absolute Gasteiger partial charge is 0.332 e. The lowest BCUT2D eigenvalue weighted by Gasteiger charge is -2.19. The van der Waals surface area contributed by atoms with Gasteiger partial charge in [0.2, 0.25) is 0 Å². The van der Waals surface area contributed by atoms with Gasteiger partial charge in [0, 0.05) is 25.9 Å². The Bertz CT molecular complexity index is 921. The maximum Gasteiger partial charge on any atom is 0.332 e. The number of aryl methyl sites for hydroxylation is 1. The van der Waals surface area contributed by atoms with Crippen LogP contribution in [0.1, 0.15) is 25.8 Å². The molecule has 7 nitrogen and oxygen atoms in total. The quantitative estimate of drug-likeness (QED) is 0.662. The molecule has 0 unspecified atom stereocenters. The summed E-state index contributed by atoms with van der Waals surface area (Å²) in [6.45, 7) is 3.93. The van der Waals surface area contributed by atoms with E-state index in [-0.39, 0.29) is 34.6 Å². The summed E-state index contributed by atoms with van der Waals surface area (Å²) in [5, 5.41) is 0.174. The molecule has 1 aliphatic heterocycles. The minimum atomic E-state index is -0.505. The maximum absolute atomic E-state index is 12.5. The van der Waals surface area contributed by atoms with E-state index >= 15 is 0 Å². The molecule has 2 aromatic rings. The van der Waals surface area contributed by atoms with Gasteiger partial charge in [0.25, 0.3) is 5.56 Å². The van der Waals surface area contributed by atoms with E-state index < -0.39 is 11.2 Å². The van der Waals surface area contributed by atoms with Gasteiger partial charge < -0.3 is 4.74 Å². The summed E-state index contributed by atoms with van der Waals surface area (Å²) in [5.74, 6) is -0.149. The summed E-state index contributed by atoms with van der Waals surface area (Å²) in [7, 11) is 2.93. The number of hydrogen-bond acceptors (Lipinski definition) is 5. The first-order valence-corrected chi connectivity index (χ1v) is 6.99. The molecule has 0 fully saturated rings. The van der Waals surface area contributed by atoms with Crippen LogP contribution in [-0.4, -0.2) is 20.1 Å². The SMILES string of the molecule is Cn1c(=O)c2c3c(cnc2n(C)c1=O)CC(C)(C)CC(=O)O3. The third kappa shape index (κ3) is 2.04. The van der Waals surface area contributed by atoms with Crippen molar-refractivity contribution in [3.05, 3.63) is 32.6 Å². The highest BCUT2D eigenvalue weighted by Crippen LogP contribution is 2.36. The predicted octanol–water partition coefficient (Wildman–Crippen LogP) is 0.510. The highest BCUT2D eigenvalue weighted by Gasteiger charge is 2.31. The first-order chi connectivity index (χ1) is 10.2. The van der Waals surface area contributed by atoms with Crippen LogP contribution in [0.15, 0.2) is 15.8 Å². The van der Waals surface area contributed by atoms with E-state index in [4.69, 9.17) is 4.74 Å². The molecule has 3 rings (SSSR count). The molecule has 0 saturated heterocycles. The number of aromatic nitrogens is 3. The standard InChI is InChI=1S/C15H17N3O4/c1-15(2)5-8-7-16-12-10(11(8)22-9(19)6-15)13(20)18(4)14(21)17(12)3/h7H,5-6H2,1-4H3. The minimum Gasteiger partial charge on any atom is -0.425 e. The van der Waals surface area contributed by atoms with Crippen LogP contribution in [0.2, 0.25) is 0 Å². The number of pyridine rings is 1. The fourth-order valence-corrected chi connectivity index (χ4v) is 2.90. The van der Waals surface area contributed by atoms with Crippen LogP contribution in [-0.2, 0) is 25.3 Å². The van der Waals surface area contributed by atoms with Gasteiger partial charge in [0.1, 0.15) is 5.39 Å². The molecule has 0 N–H and O–H groups in total. The number of rotatable bonds is 0. The summed E-state index contributed by atoms with van der Waals surface area (Å²) in [6, 6.07) is 0. The van der Waals surface area contributed by atoms with Crippen LogP contribution >= 0.6 is 0 Å². The van der Waals surface area contributed by atoms with Gasteiger partial charge >= 0.3 is 11.7 Å². The lowest BCUT2D eigenvalue weighted by Crippen LogP contribution is -2.37. The molecule has 1 aliphatic rings. The Morgan fingerprint density at radius 3 is 2.50 bits per heavy atom. The fraction of sp³-hybridized carbons (Fsp3) is 0.467. The van der Waals surface area contributed by atoms with Gasteiger partial charge in [-0.25, -0.2) is 9.78 Å². The lowest BCUT2D eigenvalue weighted by atomic mass is 9.83. The number of carbonyl (C=O) groups is 1. The number of carbonyl (C=O) groups excluding carboxylic acids is 1. The number of esters is 1. The van der Waals surface area contributed by atoms with E-state index in [1.54, 1.807) is 6.20 Å². The molecule has 0 amide bonds. The zero-order valence-corrected chi connectivity index (χ0v) is 13.0. The first kappa shape index (κ1) is 14.5. The van der Waals surface area contributed by atoms with Gasteiger partial charge in [-0.3, -0.25) is 18.7 Å². The molecule has 0 saturated carbocycles. The third-order valence-corrected chi connectivity index (χ3v) is 4.00. The van der Waals surface area contributed by atoms with E-state index in [2.05, 4.69) is 4.98 Å². The van der Waals surface area contributed by atoms with E-state index in [0.29, 0.717) is 12.0 Å². The van der Waals surface area contributed by atoms with Crippen LogP contribution < -0.4 is 16.0 Å². The van der Waals surface area contributed by atoms with Crippen molar-refractivity contribution in [2.75, 3.05) is 0 Å². The molecular weight excluding hydrogens is 286 g/mol. The highest BCUT2D eigenvalue weighted by atomic mass is 16.5. The van der Waals surface area contributed by atoms with Crippen LogP contribution in [0.5, 0.6) is 5.75 Å². The Hall–Kier alpha value is -2.44. The lowest BCUT2D eigenvalue weighted by molar-refractivity contribution is -0.135. The van der Waals surface area contributed by atoms with Crippen molar-refractivity contribution in [3.63, 3.8) is 0 Å². The Morgan fingerprint density at radius 1 is 1.14 bits per heavy atom.